The zero-order valence-electron chi connectivity index (χ0n) is 13.4. The molecule has 1 amide bonds. The van der Waals surface area contributed by atoms with E-state index < -0.39 is 5.72 Å². The lowest BCUT2D eigenvalue weighted by Gasteiger charge is -2.32. The summed E-state index contributed by atoms with van der Waals surface area (Å²) in [7, 11) is 1.57. The van der Waals surface area contributed by atoms with Crippen LogP contribution in [0, 0.1) is 0 Å². The Hall–Kier alpha value is -2.66. The van der Waals surface area contributed by atoms with Gasteiger partial charge in [-0.15, -0.1) is 0 Å². The summed E-state index contributed by atoms with van der Waals surface area (Å²) in [6.45, 7) is 1.76. The van der Waals surface area contributed by atoms with Crippen molar-refractivity contribution in [1.29, 1.82) is 0 Å². The predicted molar refractivity (Wildman–Crippen MR) is 86.6 cm³/mol. The van der Waals surface area contributed by atoms with Gasteiger partial charge in [0.25, 0.3) is 5.91 Å². The summed E-state index contributed by atoms with van der Waals surface area (Å²) in [5.41, 5.74) is 0.475. The molecule has 0 radical (unpaired) electrons. The molecule has 1 saturated heterocycles. The number of carbonyl (C=O) groups is 2. The Balaban J connectivity index is 1.86. The summed E-state index contributed by atoms with van der Waals surface area (Å²) >= 11 is 0. The first-order valence-electron chi connectivity index (χ1n) is 7.81. The number of hydrogen-bond donors (Lipinski definition) is 0. The van der Waals surface area contributed by atoms with Crippen molar-refractivity contribution in [2.45, 2.75) is 24.8 Å². The Kier molecular flexibility index (Phi) is 3.21. The van der Waals surface area contributed by atoms with Gasteiger partial charge in [-0.25, -0.2) is 0 Å². The lowest BCUT2D eigenvalue weighted by atomic mass is 10.0. The normalized spacial score (nSPS) is 27.3. The van der Waals surface area contributed by atoms with Crippen LogP contribution in [0.2, 0.25) is 0 Å². The summed E-state index contributed by atoms with van der Waals surface area (Å²) in [5.74, 6) is 0.357. The first-order chi connectivity index (χ1) is 11.6. The molecule has 5 nitrogen and oxygen atoms in total. The highest BCUT2D eigenvalue weighted by Gasteiger charge is 2.59. The molecule has 1 aromatic rings. The van der Waals surface area contributed by atoms with Gasteiger partial charge in [-0.1, -0.05) is 30.3 Å². The van der Waals surface area contributed by atoms with Gasteiger partial charge in [0.1, 0.15) is 17.9 Å². The highest BCUT2D eigenvalue weighted by atomic mass is 16.6. The highest BCUT2D eigenvalue weighted by Crippen LogP contribution is 2.50. The topological polar surface area (TPSA) is 55.8 Å². The number of ketones is 1. The van der Waals surface area contributed by atoms with Crippen molar-refractivity contribution in [2.24, 2.45) is 0 Å². The molecule has 3 aliphatic rings. The van der Waals surface area contributed by atoms with Crippen LogP contribution in [0.5, 0.6) is 0 Å². The van der Waals surface area contributed by atoms with E-state index >= 15 is 0 Å². The molecule has 0 saturated carbocycles. The van der Waals surface area contributed by atoms with Gasteiger partial charge in [-0.3, -0.25) is 14.5 Å². The standard InChI is InChI=1S/C19H17NO4/c1-12-16(23-2)15-17(13-6-4-3-5-7-13)24-19(20(15)18(12)22)10-8-14(21)9-11-19/h3-11,15,17H,1-2H3/t15-,17-/m0/s1. The molecule has 2 atom stereocenters. The van der Waals surface area contributed by atoms with Crippen molar-refractivity contribution < 1.29 is 19.1 Å². The van der Waals surface area contributed by atoms with E-state index in [0.717, 1.165) is 5.56 Å². The monoisotopic (exact) mass is 323 g/mol. The Bertz CT molecular complexity index is 790. The van der Waals surface area contributed by atoms with Gasteiger partial charge in [0.2, 0.25) is 0 Å². The number of fused-ring (bicyclic) bond motifs is 2. The van der Waals surface area contributed by atoms with E-state index in [9.17, 15) is 9.59 Å². The molecule has 5 heteroatoms. The quantitative estimate of drug-likeness (QED) is 0.838. The summed E-state index contributed by atoms with van der Waals surface area (Å²) in [6, 6.07) is 9.38. The first kappa shape index (κ1) is 14.9. The summed E-state index contributed by atoms with van der Waals surface area (Å²) < 4.78 is 11.8. The van der Waals surface area contributed by atoms with Crippen LogP contribution in [0.1, 0.15) is 18.6 Å². The third-order valence-electron chi connectivity index (χ3n) is 4.76. The number of rotatable bonds is 2. The predicted octanol–water partition coefficient (Wildman–Crippen LogP) is 2.28. The van der Waals surface area contributed by atoms with Crippen LogP contribution in [0.4, 0.5) is 0 Å². The fourth-order valence-electron chi connectivity index (χ4n) is 3.65. The van der Waals surface area contributed by atoms with E-state index in [1.807, 2.05) is 30.3 Å². The molecule has 1 aromatic carbocycles. The van der Waals surface area contributed by atoms with E-state index in [2.05, 4.69) is 0 Å². The Morgan fingerprint density at radius 1 is 1.12 bits per heavy atom. The van der Waals surface area contributed by atoms with Crippen molar-refractivity contribution in [3.63, 3.8) is 0 Å². The van der Waals surface area contributed by atoms with Crippen molar-refractivity contribution in [1.82, 2.24) is 4.90 Å². The molecule has 1 spiro atoms. The number of allylic oxidation sites excluding steroid dienone is 2. The molecule has 0 aromatic heterocycles. The van der Waals surface area contributed by atoms with Gasteiger partial charge in [-0.05, 0) is 36.8 Å². The van der Waals surface area contributed by atoms with Crippen LogP contribution < -0.4 is 0 Å². The fraction of sp³-hybridized carbons (Fsp3) is 0.263. The lowest BCUT2D eigenvalue weighted by molar-refractivity contribution is -0.135. The molecule has 2 heterocycles. The molecule has 2 aliphatic heterocycles. The Morgan fingerprint density at radius 2 is 1.79 bits per heavy atom. The minimum absolute atomic E-state index is 0.118. The number of hydrogen-bond acceptors (Lipinski definition) is 4. The minimum atomic E-state index is -1.06. The first-order valence-corrected chi connectivity index (χ1v) is 7.81. The maximum atomic E-state index is 12.8. The third-order valence-corrected chi connectivity index (χ3v) is 4.76. The van der Waals surface area contributed by atoms with Crippen LogP contribution in [-0.4, -0.2) is 35.5 Å². The average molecular weight is 323 g/mol. The van der Waals surface area contributed by atoms with Crippen LogP contribution in [0.15, 0.2) is 66.0 Å². The van der Waals surface area contributed by atoms with Gasteiger partial charge < -0.3 is 9.47 Å². The molecule has 122 valence electrons. The zero-order chi connectivity index (χ0) is 16.9. The number of ether oxygens (including phenoxy) is 2. The number of benzene rings is 1. The van der Waals surface area contributed by atoms with E-state index in [1.165, 1.54) is 12.2 Å². The van der Waals surface area contributed by atoms with Crippen molar-refractivity contribution >= 4 is 11.7 Å². The number of nitrogens with zero attached hydrogens (tertiary/aromatic N) is 1. The van der Waals surface area contributed by atoms with E-state index in [1.54, 1.807) is 31.1 Å². The molecule has 24 heavy (non-hydrogen) atoms. The SMILES string of the molecule is COC1=C(C)C(=O)N2[C@@H]1[C@H](c1ccccc1)OC21C=CC(=O)C=C1. The fourth-order valence-corrected chi connectivity index (χ4v) is 3.65. The lowest BCUT2D eigenvalue weighted by Crippen LogP contribution is -2.47. The zero-order valence-corrected chi connectivity index (χ0v) is 13.4. The summed E-state index contributed by atoms with van der Waals surface area (Å²) in [5, 5.41) is 0. The summed E-state index contributed by atoms with van der Waals surface area (Å²) in [4.78, 5) is 26.1. The van der Waals surface area contributed by atoms with Crippen LogP contribution in [-0.2, 0) is 19.1 Å². The second-order valence-corrected chi connectivity index (χ2v) is 6.08. The maximum absolute atomic E-state index is 12.8. The van der Waals surface area contributed by atoms with Crippen LogP contribution in [0.25, 0.3) is 0 Å². The highest BCUT2D eigenvalue weighted by molar-refractivity contribution is 6.02. The molecular weight excluding hydrogens is 306 g/mol. The van der Waals surface area contributed by atoms with Gasteiger partial charge in [-0.2, -0.15) is 0 Å². The molecule has 1 aliphatic carbocycles. The molecule has 0 unspecified atom stereocenters. The molecule has 0 N–H and O–H groups in total. The second-order valence-electron chi connectivity index (χ2n) is 6.08. The van der Waals surface area contributed by atoms with Crippen molar-refractivity contribution in [3.05, 3.63) is 71.5 Å². The minimum Gasteiger partial charge on any atom is -0.498 e. The smallest absolute Gasteiger partial charge is 0.256 e. The molecular formula is C19H17NO4. The molecule has 4 rings (SSSR count). The molecule has 1 fully saturated rings. The number of carbonyl (C=O) groups excluding carboxylic acids is 2. The largest absolute Gasteiger partial charge is 0.498 e. The molecule has 0 bridgehead atoms. The van der Waals surface area contributed by atoms with E-state index in [0.29, 0.717) is 11.3 Å². The van der Waals surface area contributed by atoms with E-state index in [-0.39, 0.29) is 23.8 Å². The summed E-state index contributed by atoms with van der Waals surface area (Å²) in [6.07, 6.45) is 5.81. The van der Waals surface area contributed by atoms with E-state index in [4.69, 9.17) is 9.47 Å². The van der Waals surface area contributed by atoms with Gasteiger partial charge in [0.15, 0.2) is 11.5 Å². The average Bonchev–Trinajstić information content (AvgIpc) is 3.06. The van der Waals surface area contributed by atoms with Crippen LogP contribution >= 0.6 is 0 Å². The Labute approximate surface area is 139 Å². The number of amides is 1. The van der Waals surface area contributed by atoms with Gasteiger partial charge >= 0.3 is 0 Å². The third kappa shape index (κ3) is 1.91. The number of methoxy groups -OCH3 is 1. The van der Waals surface area contributed by atoms with Crippen LogP contribution in [0.3, 0.4) is 0 Å². The van der Waals surface area contributed by atoms with Crippen molar-refractivity contribution in [2.75, 3.05) is 7.11 Å². The van der Waals surface area contributed by atoms with Gasteiger partial charge in [0.05, 0.1) is 12.7 Å². The van der Waals surface area contributed by atoms with Gasteiger partial charge in [0, 0.05) is 0 Å². The van der Waals surface area contributed by atoms with Crippen molar-refractivity contribution in [3.8, 4) is 0 Å². The second kappa shape index (κ2) is 5.18. The maximum Gasteiger partial charge on any atom is 0.256 e. The Morgan fingerprint density at radius 3 is 2.42 bits per heavy atom.